The summed E-state index contributed by atoms with van der Waals surface area (Å²) in [5, 5.41) is 13.0. The van der Waals surface area contributed by atoms with Gasteiger partial charge in [0.05, 0.1) is 4.47 Å². The number of benzene rings is 2. The molecule has 4 N–H and O–H groups in total. The third-order valence-electron chi connectivity index (χ3n) is 2.72. The van der Waals surface area contributed by atoms with Gasteiger partial charge in [-0.2, -0.15) is 0 Å². The Morgan fingerprint density at radius 3 is 2.53 bits per heavy atom. The maximum Gasteiger partial charge on any atom is 0.248 e. The van der Waals surface area contributed by atoms with Crippen LogP contribution >= 0.6 is 15.9 Å². The molecule has 0 spiro atoms. The molecule has 0 aliphatic carbocycles. The Morgan fingerprint density at radius 1 is 1.21 bits per heavy atom. The maximum absolute atomic E-state index is 10.9. The van der Waals surface area contributed by atoms with Gasteiger partial charge in [-0.25, -0.2) is 0 Å². The molecule has 0 aromatic heterocycles. The average Bonchev–Trinajstić information content (AvgIpc) is 2.41. The molecule has 0 atom stereocenters. The van der Waals surface area contributed by atoms with E-state index in [0.29, 0.717) is 16.6 Å². The van der Waals surface area contributed by atoms with Crippen LogP contribution in [0.1, 0.15) is 15.9 Å². The molecule has 98 valence electrons. The topological polar surface area (TPSA) is 75.4 Å². The van der Waals surface area contributed by atoms with E-state index in [1.165, 1.54) is 0 Å². The zero-order valence-electron chi connectivity index (χ0n) is 10.1. The first-order chi connectivity index (χ1) is 9.08. The van der Waals surface area contributed by atoms with Gasteiger partial charge in [0.2, 0.25) is 5.91 Å². The fourth-order valence-corrected chi connectivity index (χ4v) is 2.06. The van der Waals surface area contributed by atoms with Crippen molar-refractivity contribution in [3.8, 4) is 5.75 Å². The Hall–Kier alpha value is -2.01. The highest BCUT2D eigenvalue weighted by Gasteiger charge is 2.04. The second-order valence-corrected chi connectivity index (χ2v) is 4.90. The van der Waals surface area contributed by atoms with Crippen LogP contribution in [-0.2, 0) is 6.54 Å². The fourth-order valence-electron chi connectivity index (χ4n) is 1.65. The Morgan fingerprint density at radius 2 is 1.89 bits per heavy atom. The molecule has 0 heterocycles. The van der Waals surface area contributed by atoms with E-state index >= 15 is 0 Å². The minimum atomic E-state index is -0.448. The van der Waals surface area contributed by atoms with Gasteiger partial charge >= 0.3 is 0 Å². The smallest absolute Gasteiger partial charge is 0.248 e. The monoisotopic (exact) mass is 320 g/mol. The van der Waals surface area contributed by atoms with Crippen LogP contribution in [0.4, 0.5) is 5.69 Å². The summed E-state index contributed by atoms with van der Waals surface area (Å²) in [5.74, 6) is -0.222. The predicted molar refractivity (Wildman–Crippen MR) is 78.1 cm³/mol. The highest BCUT2D eigenvalue weighted by molar-refractivity contribution is 9.10. The molecule has 0 saturated heterocycles. The van der Waals surface area contributed by atoms with Gasteiger partial charge in [-0.05, 0) is 46.3 Å². The molecule has 0 fully saturated rings. The van der Waals surface area contributed by atoms with Crippen LogP contribution in [0, 0.1) is 0 Å². The number of halogens is 1. The van der Waals surface area contributed by atoms with Crippen molar-refractivity contribution >= 4 is 27.5 Å². The Bertz CT molecular complexity index is 597. The van der Waals surface area contributed by atoms with Crippen LogP contribution in [0.2, 0.25) is 0 Å². The van der Waals surface area contributed by atoms with Gasteiger partial charge in [-0.3, -0.25) is 4.79 Å². The first-order valence-electron chi connectivity index (χ1n) is 5.68. The Kier molecular flexibility index (Phi) is 4.06. The number of amides is 1. The first-order valence-corrected chi connectivity index (χ1v) is 6.47. The van der Waals surface area contributed by atoms with Gasteiger partial charge < -0.3 is 16.2 Å². The molecule has 0 aliphatic heterocycles. The number of aromatic hydroxyl groups is 1. The molecule has 0 radical (unpaired) electrons. The van der Waals surface area contributed by atoms with Crippen molar-refractivity contribution < 1.29 is 9.90 Å². The van der Waals surface area contributed by atoms with Crippen LogP contribution in [0.15, 0.2) is 46.9 Å². The number of rotatable bonds is 4. The number of carbonyl (C=O) groups is 1. The maximum atomic E-state index is 10.9. The average molecular weight is 321 g/mol. The first kappa shape index (κ1) is 13.4. The van der Waals surface area contributed by atoms with Gasteiger partial charge in [0, 0.05) is 23.4 Å². The number of phenols is 1. The van der Waals surface area contributed by atoms with Crippen molar-refractivity contribution in [2.75, 3.05) is 5.32 Å². The van der Waals surface area contributed by atoms with Crippen LogP contribution in [0.3, 0.4) is 0 Å². The van der Waals surface area contributed by atoms with Crippen LogP contribution in [0.5, 0.6) is 5.75 Å². The van der Waals surface area contributed by atoms with E-state index in [1.807, 2.05) is 12.1 Å². The van der Waals surface area contributed by atoms with E-state index in [-0.39, 0.29) is 5.75 Å². The lowest BCUT2D eigenvalue weighted by Crippen LogP contribution is -2.10. The van der Waals surface area contributed by atoms with Gasteiger partial charge in [0.1, 0.15) is 5.75 Å². The van der Waals surface area contributed by atoms with Gasteiger partial charge in [-0.15, -0.1) is 0 Å². The Labute approximate surface area is 119 Å². The van der Waals surface area contributed by atoms with E-state index in [1.54, 1.807) is 30.3 Å². The SMILES string of the molecule is NC(=O)c1ccc(NCc2cccc(Br)c2O)cc1. The minimum absolute atomic E-state index is 0.226. The lowest BCUT2D eigenvalue weighted by molar-refractivity contribution is 0.100. The molecule has 4 nitrogen and oxygen atoms in total. The second-order valence-electron chi connectivity index (χ2n) is 4.04. The van der Waals surface area contributed by atoms with Crippen molar-refractivity contribution in [1.82, 2.24) is 0 Å². The summed E-state index contributed by atoms with van der Waals surface area (Å²) in [6.45, 7) is 0.487. The predicted octanol–water partition coefficient (Wildman–Crippen LogP) is 2.87. The number of hydrogen-bond donors (Lipinski definition) is 3. The number of anilines is 1. The number of hydrogen-bond acceptors (Lipinski definition) is 3. The highest BCUT2D eigenvalue weighted by atomic mass is 79.9. The molecule has 2 rings (SSSR count). The summed E-state index contributed by atoms with van der Waals surface area (Å²) < 4.78 is 0.663. The van der Waals surface area contributed by atoms with Crippen LogP contribution in [0.25, 0.3) is 0 Å². The van der Waals surface area contributed by atoms with Crippen molar-refractivity contribution in [2.24, 2.45) is 5.73 Å². The molecular formula is C14H13BrN2O2. The molecule has 0 aliphatic rings. The minimum Gasteiger partial charge on any atom is -0.506 e. The lowest BCUT2D eigenvalue weighted by Gasteiger charge is -2.09. The fraction of sp³-hybridized carbons (Fsp3) is 0.0714. The van der Waals surface area contributed by atoms with E-state index in [0.717, 1.165) is 11.3 Å². The van der Waals surface area contributed by atoms with E-state index < -0.39 is 5.91 Å². The summed E-state index contributed by atoms with van der Waals surface area (Å²) in [6, 6.07) is 12.3. The number of nitrogens with two attached hydrogens (primary N) is 1. The third kappa shape index (κ3) is 3.26. The lowest BCUT2D eigenvalue weighted by atomic mass is 10.1. The normalized spacial score (nSPS) is 10.2. The molecule has 1 amide bonds. The van der Waals surface area contributed by atoms with Crippen molar-refractivity contribution in [3.63, 3.8) is 0 Å². The zero-order valence-corrected chi connectivity index (χ0v) is 11.6. The molecule has 0 unspecified atom stereocenters. The number of carbonyl (C=O) groups excluding carboxylic acids is 1. The molecule has 0 bridgehead atoms. The molecular weight excluding hydrogens is 308 g/mol. The third-order valence-corrected chi connectivity index (χ3v) is 3.36. The molecule has 2 aromatic rings. The summed E-state index contributed by atoms with van der Waals surface area (Å²) >= 11 is 3.27. The highest BCUT2D eigenvalue weighted by Crippen LogP contribution is 2.27. The van der Waals surface area contributed by atoms with Gasteiger partial charge in [0.25, 0.3) is 0 Å². The number of para-hydroxylation sites is 1. The molecule has 2 aromatic carbocycles. The van der Waals surface area contributed by atoms with Gasteiger partial charge in [-0.1, -0.05) is 12.1 Å². The standard InChI is InChI=1S/C14H13BrN2O2/c15-12-3-1-2-10(13(12)18)8-17-11-6-4-9(5-7-11)14(16)19/h1-7,17-18H,8H2,(H2,16,19). The summed E-state index contributed by atoms with van der Waals surface area (Å²) in [5.41, 5.74) is 7.27. The molecule has 19 heavy (non-hydrogen) atoms. The van der Waals surface area contributed by atoms with Crippen molar-refractivity contribution in [3.05, 3.63) is 58.1 Å². The Balaban J connectivity index is 2.06. The quantitative estimate of drug-likeness (QED) is 0.810. The summed E-state index contributed by atoms with van der Waals surface area (Å²) in [6.07, 6.45) is 0. The number of primary amides is 1. The molecule has 0 saturated carbocycles. The number of phenolic OH excluding ortho intramolecular Hbond substituents is 1. The summed E-state index contributed by atoms with van der Waals surface area (Å²) in [7, 11) is 0. The summed E-state index contributed by atoms with van der Waals surface area (Å²) in [4.78, 5) is 10.9. The zero-order chi connectivity index (χ0) is 13.8. The van der Waals surface area contributed by atoms with E-state index in [9.17, 15) is 9.90 Å². The molecule has 5 heteroatoms. The van der Waals surface area contributed by atoms with Crippen molar-refractivity contribution in [2.45, 2.75) is 6.54 Å². The van der Waals surface area contributed by atoms with E-state index in [4.69, 9.17) is 5.73 Å². The number of nitrogens with one attached hydrogen (secondary N) is 1. The second kappa shape index (κ2) is 5.75. The largest absolute Gasteiger partial charge is 0.506 e. The van der Waals surface area contributed by atoms with Gasteiger partial charge in [0.15, 0.2) is 0 Å². The van der Waals surface area contributed by atoms with Crippen LogP contribution in [-0.4, -0.2) is 11.0 Å². The van der Waals surface area contributed by atoms with E-state index in [2.05, 4.69) is 21.2 Å². The van der Waals surface area contributed by atoms with Crippen LogP contribution < -0.4 is 11.1 Å². The van der Waals surface area contributed by atoms with Crippen molar-refractivity contribution in [1.29, 1.82) is 0 Å².